The molecule has 0 aliphatic heterocycles. The van der Waals surface area contributed by atoms with Crippen LogP contribution >= 0.6 is 0 Å². The van der Waals surface area contributed by atoms with Crippen LogP contribution in [0.25, 0.3) is 0 Å². The Hall–Kier alpha value is -2.12. The third kappa shape index (κ3) is 63.7. The van der Waals surface area contributed by atoms with Crippen molar-refractivity contribution < 1.29 is 38.5 Å². The summed E-state index contributed by atoms with van der Waals surface area (Å²) in [6.45, 7) is 6.77. The number of esters is 3. The van der Waals surface area contributed by atoms with Crippen LogP contribution in [0.3, 0.4) is 0 Å². The molecule has 0 saturated carbocycles. The average molecular weight is 1150 g/mol. The molecule has 8 heteroatoms. The smallest absolute Gasteiger partial charge is 0.306 e. The zero-order chi connectivity index (χ0) is 58.8. The maximum atomic E-state index is 13.6. The molecule has 0 saturated heterocycles. The Labute approximate surface area is 504 Å². The normalized spacial score (nSPS) is 12.2. The summed E-state index contributed by atoms with van der Waals surface area (Å²) in [6.07, 6.45) is 72.1. The molecule has 0 aliphatic rings. The molecular formula is C73H140O8. The quantitative estimate of drug-likeness (QED) is 0.0364. The molecule has 2 atom stereocenters. The van der Waals surface area contributed by atoms with Gasteiger partial charge >= 0.3 is 23.9 Å². The highest BCUT2D eigenvalue weighted by Gasteiger charge is 2.30. The van der Waals surface area contributed by atoms with Crippen molar-refractivity contribution in [2.75, 3.05) is 6.61 Å². The number of hydrogen-bond donors (Lipinski definition) is 1. The van der Waals surface area contributed by atoms with Crippen LogP contribution in [0, 0.1) is 0 Å². The van der Waals surface area contributed by atoms with E-state index in [-0.39, 0.29) is 30.9 Å². The Kier molecular flexibility index (Phi) is 65.3. The molecule has 480 valence electrons. The summed E-state index contributed by atoms with van der Waals surface area (Å²) in [5.41, 5.74) is 0. The third-order valence-corrected chi connectivity index (χ3v) is 17.2. The van der Waals surface area contributed by atoms with Crippen LogP contribution in [0.1, 0.15) is 425 Å². The van der Waals surface area contributed by atoms with Gasteiger partial charge in [-0.2, -0.15) is 0 Å². The van der Waals surface area contributed by atoms with Crippen LogP contribution in [0.15, 0.2) is 0 Å². The molecule has 0 aromatic heterocycles. The second-order valence-electron chi connectivity index (χ2n) is 25.4. The number of hydrogen-bond acceptors (Lipinski definition) is 7. The van der Waals surface area contributed by atoms with Crippen molar-refractivity contribution in [1.82, 2.24) is 0 Å². The van der Waals surface area contributed by atoms with Crippen molar-refractivity contribution in [1.29, 1.82) is 0 Å². The minimum absolute atomic E-state index is 0.0680. The van der Waals surface area contributed by atoms with Gasteiger partial charge in [-0.1, -0.05) is 361 Å². The number of carboxylic acid groups (broad SMARTS) is 1. The molecule has 0 bridgehead atoms. The van der Waals surface area contributed by atoms with E-state index in [4.69, 9.17) is 19.3 Å². The van der Waals surface area contributed by atoms with Crippen LogP contribution in [-0.2, 0) is 33.4 Å². The molecule has 0 aliphatic carbocycles. The van der Waals surface area contributed by atoms with Gasteiger partial charge in [0.25, 0.3) is 0 Å². The van der Waals surface area contributed by atoms with E-state index in [0.717, 1.165) is 96.3 Å². The number of carboxylic acids is 1. The lowest BCUT2D eigenvalue weighted by molar-refractivity contribution is -0.176. The van der Waals surface area contributed by atoms with Crippen LogP contribution in [-0.4, -0.2) is 47.8 Å². The molecule has 0 radical (unpaired) electrons. The maximum absolute atomic E-state index is 13.6. The highest BCUT2D eigenvalue weighted by molar-refractivity contribution is 5.71. The zero-order valence-electron chi connectivity index (χ0n) is 54.7. The van der Waals surface area contributed by atoms with Crippen LogP contribution in [0.5, 0.6) is 0 Å². The lowest BCUT2D eigenvalue weighted by atomic mass is 10.0. The highest BCUT2D eigenvalue weighted by Crippen LogP contribution is 2.22. The molecule has 0 fully saturated rings. The van der Waals surface area contributed by atoms with Crippen molar-refractivity contribution in [3.8, 4) is 0 Å². The van der Waals surface area contributed by atoms with Gasteiger partial charge in [0.05, 0.1) is 0 Å². The van der Waals surface area contributed by atoms with E-state index in [1.54, 1.807) is 0 Å². The summed E-state index contributed by atoms with van der Waals surface area (Å²) in [5, 5.41) is 8.85. The monoisotopic (exact) mass is 1150 g/mol. The Bertz CT molecular complexity index is 1300. The molecule has 8 nitrogen and oxygen atoms in total. The largest absolute Gasteiger partial charge is 0.481 e. The van der Waals surface area contributed by atoms with Gasteiger partial charge in [0.15, 0.2) is 6.10 Å². The lowest BCUT2D eigenvalue weighted by Gasteiger charge is -2.27. The minimum Gasteiger partial charge on any atom is -0.481 e. The Morgan fingerprint density at radius 1 is 0.247 bits per heavy atom. The summed E-state index contributed by atoms with van der Waals surface area (Å²) < 4.78 is 18.4. The molecular weight excluding hydrogens is 1000 g/mol. The molecule has 0 amide bonds. The predicted molar refractivity (Wildman–Crippen MR) is 346 cm³/mol. The van der Waals surface area contributed by atoms with Gasteiger partial charge in [-0.05, 0) is 38.5 Å². The number of unbranched alkanes of at least 4 members (excludes halogenated alkanes) is 54. The van der Waals surface area contributed by atoms with Crippen LogP contribution < -0.4 is 0 Å². The first kappa shape index (κ1) is 78.9. The van der Waals surface area contributed by atoms with Gasteiger partial charge in [0.1, 0.15) is 12.7 Å². The molecule has 1 N–H and O–H groups in total. The van der Waals surface area contributed by atoms with E-state index in [0.29, 0.717) is 25.7 Å². The fraction of sp³-hybridized carbons (Fsp3) is 0.945. The van der Waals surface area contributed by atoms with Crippen molar-refractivity contribution in [2.45, 2.75) is 437 Å². The van der Waals surface area contributed by atoms with E-state index in [1.807, 2.05) is 0 Å². The molecule has 0 aromatic carbocycles. The Balaban J connectivity index is 5.26. The summed E-state index contributed by atoms with van der Waals surface area (Å²) in [4.78, 5) is 51.2. The van der Waals surface area contributed by atoms with Gasteiger partial charge in [-0.25, -0.2) is 0 Å². The molecule has 0 heterocycles. The molecule has 81 heavy (non-hydrogen) atoms. The Morgan fingerprint density at radius 2 is 0.444 bits per heavy atom. The van der Waals surface area contributed by atoms with Crippen molar-refractivity contribution >= 4 is 23.9 Å². The fourth-order valence-electron chi connectivity index (χ4n) is 11.7. The van der Waals surface area contributed by atoms with E-state index in [2.05, 4.69) is 20.8 Å². The summed E-state index contributed by atoms with van der Waals surface area (Å²) >= 11 is 0. The third-order valence-electron chi connectivity index (χ3n) is 17.2. The topological polar surface area (TPSA) is 116 Å². The van der Waals surface area contributed by atoms with E-state index >= 15 is 0 Å². The van der Waals surface area contributed by atoms with Gasteiger partial charge in [-0.3, -0.25) is 19.2 Å². The zero-order valence-corrected chi connectivity index (χ0v) is 54.7. The summed E-state index contributed by atoms with van der Waals surface area (Å²) in [6, 6.07) is 0. The van der Waals surface area contributed by atoms with Crippen molar-refractivity contribution in [2.24, 2.45) is 0 Å². The molecule has 0 rings (SSSR count). The number of rotatable bonds is 69. The second-order valence-corrected chi connectivity index (χ2v) is 25.4. The first-order chi connectivity index (χ1) is 39.8. The fourth-order valence-corrected chi connectivity index (χ4v) is 11.7. The van der Waals surface area contributed by atoms with Gasteiger partial charge in [0, 0.05) is 25.7 Å². The predicted octanol–water partition coefficient (Wildman–Crippen LogP) is 24.1. The molecule has 0 spiro atoms. The first-order valence-corrected chi connectivity index (χ1v) is 36.6. The van der Waals surface area contributed by atoms with Crippen LogP contribution in [0.2, 0.25) is 0 Å². The van der Waals surface area contributed by atoms with E-state index in [9.17, 15) is 19.2 Å². The SMILES string of the molecule is CCCCCCCCCCCCCCCCCC(=O)OCC(OC(=O)CCCCCCCCCCCCCCCCC)C(CCCCCCCCCCCCCCCC(=O)O)OC(=O)CCCCCCCCCCCCCCCCC. The molecule has 0 aromatic rings. The van der Waals surface area contributed by atoms with Gasteiger partial charge in [0.2, 0.25) is 0 Å². The number of ether oxygens (including phenoxy) is 3. The first-order valence-electron chi connectivity index (χ1n) is 36.6. The van der Waals surface area contributed by atoms with Crippen molar-refractivity contribution in [3.05, 3.63) is 0 Å². The standard InChI is InChI=1S/C73H140O8/c1-4-7-10-13-16-19-22-25-28-34-39-44-49-54-59-64-71(76)79-67-69(81-73(78)66-61-56-51-46-41-36-30-27-24-21-18-15-12-9-6-3)68(62-57-52-47-42-37-32-31-33-38-43-48-53-58-63-70(74)75)80-72(77)65-60-55-50-45-40-35-29-26-23-20-17-14-11-8-5-2/h68-69H,4-67H2,1-3H3,(H,74,75). The van der Waals surface area contributed by atoms with Crippen LogP contribution in [0.4, 0.5) is 0 Å². The maximum Gasteiger partial charge on any atom is 0.306 e. The average Bonchev–Trinajstić information content (AvgIpc) is 3.46. The molecule has 2 unspecified atom stereocenters. The summed E-state index contributed by atoms with van der Waals surface area (Å²) in [5.74, 6) is -1.47. The second kappa shape index (κ2) is 67.0. The number of carbonyl (C=O) groups is 4. The number of aliphatic carboxylic acids is 1. The number of carbonyl (C=O) groups excluding carboxylic acids is 3. The van der Waals surface area contributed by atoms with E-state index in [1.165, 1.54) is 276 Å². The van der Waals surface area contributed by atoms with Gasteiger partial charge < -0.3 is 19.3 Å². The summed E-state index contributed by atoms with van der Waals surface area (Å²) in [7, 11) is 0. The lowest BCUT2D eigenvalue weighted by Crippen LogP contribution is -2.39. The Morgan fingerprint density at radius 3 is 0.691 bits per heavy atom. The van der Waals surface area contributed by atoms with Gasteiger partial charge in [-0.15, -0.1) is 0 Å². The minimum atomic E-state index is -0.805. The van der Waals surface area contributed by atoms with E-state index < -0.39 is 18.2 Å². The van der Waals surface area contributed by atoms with Crippen molar-refractivity contribution in [3.63, 3.8) is 0 Å². The highest BCUT2D eigenvalue weighted by atomic mass is 16.6.